The minimum atomic E-state index is -0.730. The summed E-state index contributed by atoms with van der Waals surface area (Å²) in [6, 6.07) is 27.6. The van der Waals surface area contributed by atoms with Gasteiger partial charge in [-0.3, -0.25) is 19.4 Å². The van der Waals surface area contributed by atoms with Gasteiger partial charge in [0.25, 0.3) is 5.91 Å². The van der Waals surface area contributed by atoms with Crippen LogP contribution in [0, 0.1) is 0 Å². The zero-order valence-corrected chi connectivity index (χ0v) is 27.0. The highest BCUT2D eigenvalue weighted by Gasteiger charge is 2.32. The van der Waals surface area contributed by atoms with Gasteiger partial charge in [0.2, 0.25) is 11.8 Å². The Morgan fingerprint density at radius 2 is 1.60 bits per heavy atom. The van der Waals surface area contributed by atoms with Gasteiger partial charge < -0.3 is 25.8 Å². The molecule has 3 heterocycles. The first-order chi connectivity index (χ1) is 22.9. The van der Waals surface area contributed by atoms with E-state index in [1.807, 2.05) is 71.6 Å². The third-order valence-electron chi connectivity index (χ3n) is 8.84. The smallest absolute Gasteiger partial charge is 0.253 e. The van der Waals surface area contributed by atoms with Crippen molar-refractivity contribution >= 4 is 35.0 Å². The highest BCUT2D eigenvalue weighted by atomic mass is 35.5. The van der Waals surface area contributed by atoms with Crippen molar-refractivity contribution in [3.05, 3.63) is 130 Å². The number of amides is 3. The van der Waals surface area contributed by atoms with Gasteiger partial charge >= 0.3 is 0 Å². The van der Waals surface area contributed by atoms with Crippen LogP contribution in [0.1, 0.15) is 32.7 Å². The number of nitrogens with zero attached hydrogens (tertiary/aromatic N) is 3. The molecule has 3 amide bonds. The average molecular weight is 651 g/mol. The standard InChI is InChI=1S/C37H39ClN6O3/c38-29-14-12-26(13-15-29)23-33(42-36(46)32-24-27-7-1-2-8-28(27)25-41-32)37(47)44-21-19-43(20-22-44)34-11-4-3-10-31(34)35(45)40-18-16-30-9-5-6-17-39-30/h1-15,17,32-33,41H,16,18-25H2,(H,40,45)(H,42,46)/t32-,33+/m0/s1. The number of aromatic nitrogens is 1. The first kappa shape index (κ1) is 32.2. The summed E-state index contributed by atoms with van der Waals surface area (Å²) in [5.41, 5.74) is 5.61. The average Bonchev–Trinajstić information content (AvgIpc) is 3.12. The van der Waals surface area contributed by atoms with Crippen LogP contribution in [0.4, 0.5) is 5.69 Å². The van der Waals surface area contributed by atoms with Crippen molar-refractivity contribution in [1.29, 1.82) is 0 Å². The van der Waals surface area contributed by atoms with E-state index in [9.17, 15) is 14.4 Å². The number of anilines is 1. The van der Waals surface area contributed by atoms with Crippen molar-refractivity contribution in [3.8, 4) is 0 Å². The molecule has 6 rings (SSSR count). The zero-order valence-electron chi connectivity index (χ0n) is 26.2. The molecule has 0 aliphatic carbocycles. The number of pyridine rings is 1. The first-order valence-corrected chi connectivity index (χ1v) is 16.5. The van der Waals surface area contributed by atoms with E-state index in [4.69, 9.17) is 11.6 Å². The maximum Gasteiger partial charge on any atom is 0.253 e. The van der Waals surface area contributed by atoms with Gasteiger partial charge in [0.1, 0.15) is 6.04 Å². The van der Waals surface area contributed by atoms with E-state index in [-0.39, 0.29) is 17.7 Å². The molecule has 1 aromatic heterocycles. The summed E-state index contributed by atoms with van der Waals surface area (Å²) < 4.78 is 0. The van der Waals surface area contributed by atoms with Crippen molar-refractivity contribution in [2.75, 3.05) is 37.6 Å². The van der Waals surface area contributed by atoms with E-state index in [1.165, 1.54) is 5.56 Å². The Kier molecular flexibility index (Phi) is 10.4. The molecule has 0 unspecified atom stereocenters. The highest BCUT2D eigenvalue weighted by Crippen LogP contribution is 2.23. The number of hydrogen-bond donors (Lipinski definition) is 3. The van der Waals surface area contributed by atoms with Crippen molar-refractivity contribution < 1.29 is 14.4 Å². The van der Waals surface area contributed by atoms with E-state index in [1.54, 1.807) is 18.3 Å². The Balaban J connectivity index is 1.09. The predicted octanol–water partition coefficient (Wildman–Crippen LogP) is 3.80. The van der Waals surface area contributed by atoms with Gasteiger partial charge in [-0.25, -0.2) is 0 Å². The molecule has 4 aromatic rings. The highest BCUT2D eigenvalue weighted by molar-refractivity contribution is 6.30. The number of fused-ring (bicyclic) bond motifs is 1. The first-order valence-electron chi connectivity index (χ1n) is 16.1. The van der Waals surface area contributed by atoms with Crippen LogP contribution in [0.15, 0.2) is 97.2 Å². The molecule has 1 fully saturated rings. The third-order valence-corrected chi connectivity index (χ3v) is 9.09. The summed E-state index contributed by atoms with van der Waals surface area (Å²) in [7, 11) is 0. The second-order valence-electron chi connectivity index (χ2n) is 12.0. The molecule has 3 aromatic carbocycles. The summed E-state index contributed by atoms with van der Waals surface area (Å²) >= 11 is 6.12. The van der Waals surface area contributed by atoms with E-state index in [0.29, 0.717) is 69.1 Å². The van der Waals surface area contributed by atoms with E-state index < -0.39 is 12.1 Å². The SMILES string of the molecule is O=C(NCCc1ccccn1)c1ccccc1N1CCN(C(=O)[C@@H](Cc2ccc(Cl)cc2)NC(=O)[C@@H]2Cc3ccccc3CN2)CC1. The summed E-state index contributed by atoms with van der Waals surface area (Å²) in [5, 5.41) is 10.0. The van der Waals surface area contributed by atoms with Crippen LogP contribution < -0.4 is 20.9 Å². The molecule has 2 aliphatic heterocycles. The summed E-state index contributed by atoms with van der Waals surface area (Å²) in [6.45, 7) is 3.15. The van der Waals surface area contributed by atoms with Crippen molar-refractivity contribution in [2.45, 2.75) is 37.9 Å². The maximum atomic E-state index is 14.0. The largest absolute Gasteiger partial charge is 0.367 e. The van der Waals surface area contributed by atoms with Crippen LogP contribution in [0.3, 0.4) is 0 Å². The van der Waals surface area contributed by atoms with Gasteiger partial charge in [0, 0.05) is 74.7 Å². The number of carbonyl (C=O) groups is 3. The molecule has 0 saturated carbocycles. The minimum Gasteiger partial charge on any atom is -0.367 e. The van der Waals surface area contributed by atoms with E-state index in [2.05, 4.69) is 38.0 Å². The van der Waals surface area contributed by atoms with Gasteiger partial charge in [0.15, 0.2) is 0 Å². The summed E-state index contributed by atoms with van der Waals surface area (Å²) in [5.74, 6) is -0.446. The molecule has 0 radical (unpaired) electrons. The predicted molar refractivity (Wildman–Crippen MR) is 183 cm³/mol. The molecule has 3 N–H and O–H groups in total. The van der Waals surface area contributed by atoms with Gasteiger partial charge in [-0.05, 0) is 59.5 Å². The van der Waals surface area contributed by atoms with Crippen molar-refractivity contribution in [2.24, 2.45) is 0 Å². The molecule has 0 spiro atoms. The number of halogens is 1. The Labute approximate surface area is 280 Å². The summed E-state index contributed by atoms with van der Waals surface area (Å²) in [6.07, 6.45) is 3.32. The second kappa shape index (κ2) is 15.2. The fraction of sp³-hybridized carbons (Fsp3) is 0.297. The van der Waals surface area contributed by atoms with Gasteiger partial charge in [0.05, 0.1) is 11.6 Å². The van der Waals surface area contributed by atoms with Gasteiger partial charge in [-0.2, -0.15) is 0 Å². The lowest BCUT2D eigenvalue weighted by atomic mass is 9.95. The van der Waals surface area contributed by atoms with Crippen LogP contribution in [0.25, 0.3) is 0 Å². The van der Waals surface area contributed by atoms with Crippen LogP contribution in [0.2, 0.25) is 5.02 Å². The molecule has 47 heavy (non-hydrogen) atoms. The number of piperazine rings is 1. The fourth-order valence-corrected chi connectivity index (χ4v) is 6.37. The van der Waals surface area contributed by atoms with E-state index >= 15 is 0 Å². The molecule has 2 atom stereocenters. The lowest BCUT2D eigenvalue weighted by molar-refractivity contribution is -0.137. The van der Waals surface area contributed by atoms with E-state index in [0.717, 1.165) is 22.5 Å². The molecule has 9 nitrogen and oxygen atoms in total. The molecule has 2 aliphatic rings. The third kappa shape index (κ3) is 8.17. The lowest BCUT2D eigenvalue weighted by Crippen LogP contribution is -2.58. The number of rotatable bonds is 10. The Hall–Kier alpha value is -4.73. The summed E-state index contributed by atoms with van der Waals surface area (Å²) in [4.78, 5) is 49.0. The number of para-hydroxylation sites is 1. The number of nitrogens with one attached hydrogen (secondary N) is 3. The Morgan fingerprint density at radius 3 is 2.36 bits per heavy atom. The number of carbonyl (C=O) groups excluding carboxylic acids is 3. The fourth-order valence-electron chi connectivity index (χ4n) is 6.24. The van der Waals surface area contributed by atoms with Gasteiger partial charge in [-0.1, -0.05) is 66.2 Å². The lowest BCUT2D eigenvalue weighted by Gasteiger charge is -2.38. The molecule has 242 valence electrons. The Morgan fingerprint density at radius 1 is 0.872 bits per heavy atom. The van der Waals surface area contributed by atoms with Crippen LogP contribution in [0.5, 0.6) is 0 Å². The molecular formula is C37H39ClN6O3. The molecule has 0 bridgehead atoms. The monoisotopic (exact) mass is 650 g/mol. The van der Waals surface area contributed by atoms with Crippen molar-refractivity contribution in [3.63, 3.8) is 0 Å². The molecular weight excluding hydrogens is 612 g/mol. The van der Waals surface area contributed by atoms with Gasteiger partial charge in [-0.15, -0.1) is 0 Å². The quantitative estimate of drug-likeness (QED) is 0.241. The van der Waals surface area contributed by atoms with Crippen LogP contribution in [-0.4, -0.2) is 72.4 Å². The number of benzene rings is 3. The minimum absolute atomic E-state index is 0.121. The van der Waals surface area contributed by atoms with Crippen molar-refractivity contribution in [1.82, 2.24) is 25.8 Å². The molecule has 1 saturated heterocycles. The number of hydrogen-bond acceptors (Lipinski definition) is 6. The Bertz CT molecular complexity index is 1690. The second-order valence-corrected chi connectivity index (χ2v) is 12.4. The van der Waals surface area contributed by atoms with Crippen LogP contribution in [-0.2, 0) is 35.4 Å². The normalized spacial score (nSPS) is 16.6. The van der Waals surface area contributed by atoms with Crippen LogP contribution >= 0.6 is 11.6 Å². The molecule has 10 heteroatoms. The zero-order chi connectivity index (χ0) is 32.6. The topological polar surface area (TPSA) is 107 Å². The maximum absolute atomic E-state index is 14.0.